The largest absolute Gasteiger partial charge is 0.486 e. The first-order valence-electron chi connectivity index (χ1n) is 7.17. The molecular formula is C17H18FNO2. The van der Waals surface area contributed by atoms with Crippen molar-refractivity contribution in [3.63, 3.8) is 0 Å². The molecule has 0 saturated carbocycles. The highest BCUT2D eigenvalue weighted by atomic mass is 19.1. The molecule has 1 heterocycles. The Morgan fingerprint density at radius 3 is 2.76 bits per heavy atom. The number of halogens is 1. The maximum atomic E-state index is 13.5. The lowest BCUT2D eigenvalue weighted by molar-refractivity contribution is 0.169. The van der Waals surface area contributed by atoms with Crippen molar-refractivity contribution in [3.05, 3.63) is 59.4 Å². The molecule has 1 N–H and O–H groups in total. The van der Waals surface area contributed by atoms with Gasteiger partial charge in [0.2, 0.25) is 0 Å². The van der Waals surface area contributed by atoms with Crippen molar-refractivity contribution in [2.24, 2.45) is 0 Å². The van der Waals surface area contributed by atoms with Gasteiger partial charge in [0.15, 0.2) is 11.5 Å². The summed E-state index contributed by atoms with van der Waals surface area (Å²) in [6, 6.07) is 12.3. The van der Waals surface area contributed by atoms with Crippen molar-refractivity contribution in [1.82, 2.24) is 5.32 Å². The molecule has 110 valence electrons. The monoisotopic (exact) mass is 287 g/mol. The molecule has 0 fully saturated rings. The van der Waals surface area contributed by atoms with E-state index in [1.165, 1.54) is 6.07 Å². The highest BCUT2D eigenvalue weighted by Crippen LogP contribution is 2.39. The third-order valence-corrected chi connectivity index (χ3v) is 3.50. The molecule has 0 amide bonds. The van der Waals surface area contributed by atoms with Gasteiger partial charge in [-0.3, -0.25) is 0 Å². The first-order valence-corrected chi connectivity index (χ1v) is 7.17. The predicted molar refractivity (Wildman–Crippen MR) is 79.4 cm³/mol. The molecule has 21 heavy (non-hydrogen) atoms. The topological polar surface area (TPSA) is 30.5 Å². The molecule has 0 aliphatic carbocycles. The Morgan fingerprint density at radius 2 is 1.95 bits per heavy atom. The van der Waals surface area contributed by atoms with Crippen molar-refractivity contribution >= 4 is 0 Å². The van der Waals surface area contributed by atoms with Crippen LogP contribution in [0.4, 0.5) is 4.39 Å². The summed E-state index contributed by atoms with van der Waals surface area (Å²) in [7, 11) is 0. The summed E-state index contributed by atoms with van der Waals surface area (Å²) in [6.45, 7) is 3.89. The van der Waals surface area contributed by atoms with Gasteiger partial charge in [-0.1, -0.05) is 31.2 Å². The summed E-state index contributed by atoms with van der Waals surface area (Å²) in [4.78, 5) is 0. The number of hydrogen-bond donors (Lipinski definition) is 1. The van der Waals surface area contributed by atoms with Gasteiger partial charge in [0.25, 0.3) is 0 Å². The third-order valence-electron chi connectivity index (χ3n) is 3.50. The van der Waals surface area contributed by atoms with Crippen molar-refractivity contribution in [3.8, 4) is 11.5 Å². The van der Waals surface area contributed by atoms with E-state index in [-0.39, 0.29) is 11.9 Å². The van der Waals surface area contributed by atoms with Crippen LogP contribution in [0.2, 0.25) is 0 Å². The molecular weight excluding hydrogens is 269 g/mol. The molecule has 2 aromatic carbocycles. The van der Waals surface area contributed by atoms with Crippen molar-refractivity contribution in [2.75, 3.05) is 19.8 Å². The summed E-state index contributed by atoms with van der Waals surface area (Å²) >= 11 is 0. The zero-order valence-electron chi connectivity index (χ0n) is 11.9. The summed E-state index contributed by atoms with van der Waals surface area (Å²) < 4.78 is 24.9. The van der Waals surface area contributed by atoms with Gasteiger partial charge in [0.1, 0.15) is 19.0 Å². The molecule has 1 aliphatic rings. The van der Waals surface area contributed by atoms with Crippen molar-refractivity contribution < 1.29 is 13.9 Å². The van der Waals surface area contributed by atoms with Gasteiger partial charge >= 0.3 is 0 Å². The highest BCUT2D eigenvalue weighted by Gasteiger charge is 2.23. The van der Waals surface area contributed by atoms with E-state index in [1.807, 2.05) is 31.2 Å². The van der Waals surface area contributed by atoms with Crippen LogP contribution < -0.4 is 14.8 Å². The maximum Gasteiger partial charge on any atom is 0.166 e. The lowest BCUT2D eigenvalue weighted by atomic mass is 9.97. The van der Waals surface area contributed by atoms with Crippen LogP contribution in [0.5, 0.6) is 11.5 Å². The number of ether oxygens (including phenoxy) is 2. The van der Waals surface area contributed by atoms with Crippen LogP contribution in [0.3, 0.4) is 0 Å². The summed E-state index contributed by atoms with van der Waals surface area (Å²) in [5.41, 5.74) is 1.85. The average molecular weight is 287 g/mol. The van der Waals surface area contributed by atoms with E-state index in [9.17, 15) is 4.39 Å². The van der Waals surface area contributed by atoms with Gasteiger partial charge in [-0.2, -0.15) is 0 Å². The van der Waals surface area contributed by atoms with Crippen LogP contribution in [0.1, 0.15) is 24.1 Å². The molecule has 2 aromatic rings. The van der Waals surface area contributed by atoms with Crippen LogP contribution >= 0.6 is 0 Å². The van der Waals surface area contributed by atoms with Crippen LogP contribution in [0, 0.1) is 5.82 Å². The lowest BCUT2D eigenvalue weighted by Gasteiger charge is -2.26. The fourth-order valence-corrected chi connectivity index (χ4v) is 2.62. The Morgan fingerprint density at radius 1 is 1.14 bits per heavy atom. The molecule has 4 heteroatoms. The van der Waals surface area contributed by atoms with Gasteiger partial charge in [-0.05, 0) is 30.3 Å². The average Bonchev–Trinajstić information content (AvgIpc) is 2.52. The molecule has 1 unspecified atom stereocenters. The normalized spacial score (nSPS) is 14.8. The van der Waals surface area contributed by atoms with E-state index >= 15 is 0 Å². The zero-order chi connectivity index (χ0) is 14.7. The first kappa shape index (κ1) is 13.9. The molecule has 0 aromatic heterocycles. The number of para-hydroxylation sites is 1. The minimum absolute atomic E-state index is 0.123. The van der Waals surface area contributed by atoms with E-state index in [1.54, 1.807) is 12.1 Å². The zero-order valence-corrected chi connectivity index (χ0v) is 11.9. The van der Waals surface area contributed by atoms with Gasteiger partial charge < -0.3 is 14.8 Å². The van der Waals surface area contributed by atoms with E-state index in [0.717, 1.165) is 29.2 Å². The fourth-order valence-electron chi connectivity index (χ4n) is 2.62. The van der Waals surface area contributed by atoms with E-state index in [2.05, 4.69) is 5.32 Å². The predicted octanol–water partition coefficient (Wildman–Crippen LogP) is 3.30. The van der Waals surface area contributed by atoms with Gasteiger partial charge in [-0.15, -0.1) is 0 Å². The number of nitrogens with one attached hydrogen (secondary N) is 1. The minimum atomic E-state index is -0.239. The summed E-state index contributed by atoms with van der Waals surface area (Å²) in [6.07, 6.45) is 0. The van der Waals surface area contributed by atoms with E-state index in [4.69, 9.17) is 9.47 Å². The number of benzene rings is 2. The Balaban J connectivity index is 2.05. The fraction of sp³-hybridized carbons (Fsp3) is 0.294. The summed E-state index contributed by atoms with van der Waals surface area (Å²) in [5.74, 6) is 1.26. The second-order valence-corrected chi connectivity index (χ2v) is 4.92. The number of rotatable bonds is 4. The molecule has 3 nitrogen and oxygen atoms in total. The van der Waals surface area contributed by atoms with Crippen LogP contribution in [-0.4, -0.2) is 19.8 Å². The van der Waals surface area contributed by atoms with E-state index in [0.29, 0.717) is 13.2 Å². The molecule has 1 atom stereocenters. The molecule has 1 aliphatic heterocycles. The van der Waals surface area contributed by atoms with E-state index < -0.39 is 0 Å². The van der Waals surface area contributed by atoms with Crippen molar-refractivity contribution in [2.45, 2.75) is 13.0 Å². The quantitative estimate of drug-likeness (QED) is 0.936. The van der Waals surface area contributed by atoms with Crippen molar-refractivity contribution in [1.29, 1.82) is 0 Å². The van der Waals surface area contributed by atoms with Crippen LogP contribution in [0.15, 0.2) is 42.5 Å². The Bertz CT molecular complexity index is 630. The summed E-state index contributed by atoms with van der Waals surface area (Å²) in [5, 5.41) is 3.39. The van der Waals surface area contributed by atoms with Gasteiger partial charge in [0, 0.05) is 5.56 Å². The molecule has 3 rings (SSSR count). The van der Waals surface area contributed by atoms with Crippen LogP contribution in [0.25, 0.3) is 0 Å². The van der Waals surface area contributed by atoms with Gasteiger partial charge in [-0.25, -0.2) is 4.39 Å². The highest BCUT2D eigenvalue weighted by molar-refractivity contribution is 5.51. The third kappa shape index (κ3) is 2.85. The SMILES string of the molecule is CCNC(c1cccc(F)c1)c1cccc2c1OCCO2. The maximum absolute atomic E-state index is 13.5. The minimum Gasteiger partial charge on any atom is -0.486 e. The standard InChI is InChI=1S/C17H18FNO2/c1-2-19-16(12-5-3-6-13(18)11-12)14-7-4-8-15-17(14)21-10-9-20-15/h3-8,11,16,19H,2,9-10H2,1H3. The Labute approximate surface area is 123 Å². The second kappa shape index (κ2) is 6.14. The Kier molecular flexibility index (Phi) is 4.06. The number of fused-ring (bicyclic) bond motifs is 1. The Hall–Kier alpha value is -2.07. The van der Waals surface area contributed by atoms with Crippen LogP contribution in [-0.2, 0) is 0 Å². The molecule has 0 bridgehead atoms. The lowest BCUT2D eigenvalue weighted by Crippen LogP contribution is -2.24. The molecule has 0 radical (unpaired) electrons. The second-order valence-electron chi connectivity index (χ2n) is 4.92. The first-order chi connectivity index (χ1) is 10.3. The smallest absolute Gasteiger partial charge is 0.166 e. The van der Waals surface area contributed by atoms with Gasteiger partial charge in [0.05, 0.1) is 6.04 Å². The molecule has 0 saturated heterocycles. The molecule has 0 spiro atoms. The number of hydrogen-bond acceptors (Lipinski definition) is 3.